The molecule has 0 N–H and O–H groups in total. The van der Waals surface area contributed by atoms with Gasteiger partial charge in [-0.3, -0.25) is 4.99 Å². The van der Waals surface area contributed by atoms with Crippen LogP contribution in [-0.4, -0.2) is 6.21 Å². The van der Waals surface area contributed by atoms with E-state index in [0.29, 0.717) is 5.92 Å². The Morgan fingerprint density at radius 2 is 2.57 bits per heavy atom. The normalized spacial score (nSPS) is 28.3. The van der Waals surface area contributed by atoms with Gasteiger partial charge in [0.2, 0.25) is 0 Å². The van der Waals surface area contributed by atoms with Gasteiger partial charge >= 0.3 is 0 Å². The fourth-order valence-electron chi connectivity index (χ4n) is 0.432. The van der Waals surface area contributed by atoms with Crippen molar-refractivity contribution in [3.8, 4) is 0 Å². The third kappa shape index (κ3) is 1.02. The van der Waals surface area contributed by atoms with Crippen molar-refractivity contribution in [2.75, 3.05) is 0 Å². The zero-order valence-corrected chi connectivity index (χ0v) is 6.21. The largest absolute Gasteiger partial charge is 0.268 e. The molecule has 1 rings (SSSR count). The van der Waals surface area contributed by atoms with Gasteiger partial charge in [0.15, 0.2) is 0 Å². The molecule has 7 heavy (non-hydrogen) atoms. The monoisotopic (exact) mass is 207 g/mol. The summed E-state index contributed by atoms with van der Waals surface area (Å²) >= 11 is 2.29. The maximum absolute atomic E-state index is 3.95. The minimum Gasteiger partial charge on any atom is -0.268 e. The fourth-order valence-corrected chi connectivity index (χ4v) is 0.754. The van der Waals surface area contributed by atoms with Crippen LogP contribution in [0.1, 0.15) is 6.92 Å². The van der Waals surface area contributed by atoms with Gasteiger partial charge in [0.1, 0.15) is 0 Å². The molecule has 0 aliphatic carbocycles. The molecule has 0 bridgehead atoms. The molecule has 38 valence electrons. The standard InChI is InChI=1S/C5H6IN/c1-4-2-7-3-5(4)6/h2-4H,1H3. The van der Waals surface area contributed by atoms with Crippen LogP contribution in [0.2, 0.25) is 0 Å². The Balaban J connectivity index is 2.69. The summed E-state index contributed by atoms with van der Waals surface area (Å²) in [5.74, 6) is 0.570. The zero-order valence-electron chi connectivity index (χ0n) is 4.06. The van der Waals surface area contributed by atoms with Crippen molar-refractivity contribution < 1.29 is 0 Å². The van der Waals surface area contributed by atoms with Crippen LogP contribution in [0.15, 0.2) is 14.8 Å². The summed E-state index contributed by atoms with van der Waals surface area (Å²) in [5, 5.41) is 0. The highest BCUT2D eigenvalue weighted by molar-refractivity contribution is 14.1. The first-order valence-electron chi connectivity index (χ1n) is 2.19. The van der Waals surface area contributed by atoms with Crippen molar-refractivity contribution in [2.24, 2.45) is 10.9 Å². The molecular formula is C5H6IN. The quantitative estimate of drug-likeness (QED) is 0.538. The molecule has 1 aliphatic rings. The van der Waals surface area contributed by atoms with Crippen LogP contribution in [0.4, 0.5) is 0 Å². The van der Waals surface area contributed by atoms with Crippen LogP contribution < -0.4 is 0 Å². The van der Waals surface area contributed by atoms with Crippen molar-refractivity contribution >= 4 is 28.8 Å². The fraction of sp³-hybridized carbons (Fsp3) is 0.400. The summed E-state index contributed by atoms with van der Waals surface area (Å²) < 4.78 is 1.33. The summed E-state index contributed by atoms with van der Waals surface area (Å²) in [7, 11) is 0. The predicted octanol–water partition coefficient (Wildman–Crippen LogP) is 1.98. The van der Waals surface area contributed by atoms with Crippen molar-refractivity contribution in [3.05, 3.63) is 9.78 Å². The lowest BCUT2D eigenvalue weighted by Gasteiger charge is -1.91. The first-order chi connectivity index (χ1) is 3.30. The molecule has 0 saturated carbocycles. The molecule has 0 aromatic rings. The van der Waals surface area contributed by atoms with Crippen LogP contribution in [0.3, 0.4) is 0 Å². The highest BCUT2D eigenvalue weighted by Crippen LogP contribution is 2.20. The smallest absolute Gasteiger partial charge is 0.0363 e. The second kappa shape index (κ2) is 1.94. The summed E-state index contributed by atoms with van der Waals surface area (Å²) in [5.41, 5.74) is 0. The number of allylic oxidation sites excluding steroid dienone is 1. The Morgan fingerprint density at radius 1 is 1.86 bits per heavy atom. The molecule has 0 aromatic carbocycles. The van der Waals surface area contributed by atoms with Crippen molar-refractivity contribution in [2.45, 2.75) is 6.92 Å². The summed E-state index contributed by atoms with van der Waals surface area (Å²) in [6.45, 7) is 2.13. The van der Waals surface area contributed by atoms with E-state index in [2.05, 4.69) is 34.5 Å². The van der Waals surface area contributed by atoms with Crippen LogP contribution in [0, 0.1) is 5.92 Å². The number of rotatable bonds is 0. The SMILES string of the molecule is CC1C=NC=C1I. The average molecular weight is 207 g/mol. The molecular weight excluding hydrogens is 201 g/mol. The Morgan fingerprint density at radius 3 is 2.71 bits per heavy atom. The van der Waals surface area contributed by atoms with Gasteiger partial charge in [-0.1, -0.05) is 6.92 Å². The van der Waals surface area contributed by atoms with E-state index in [4.69, 9.17) is 0 Å². The van der Waals surface area contributed by atoms with E-state index in [-0.39, 0.29) is 0 Å². The average Bonchev–Trinajstić information content (AvgIpc) is 1.91. The minimum atomic E-state index is 0.570. The summed E-state index contributed by atoms with van der Waals surface area (Å²) in [6, 6.07) is 0. The molecule has 1 unspecified atom stereocenters. The molecule has 1 heterocycles. The Kier molecular flexibility index (Phi) is 1.46. The number of halogens is 1. The lowest BCUT2D eigenvalue weighted by Crippen LogP contribution is -1.87. The first-order valence-corrected chi connectivity index (χ1v) is 3.27. The molecule has 0 aromatic heterocycles. The summed E-state index contributed by atoms with van der Waals surface area (Å²) in [4.78, 5) is 3.95. The predicted molar refractivity (Wildman–Crippen MR) is 39.8 cm³/mol. The highest BCUT2D eigenvalue weighted by atomic mass is 127. The zero-order chi connectivity index (χ0) is 5.28. The maximum atomic E-state index is 3.95. The third-order valence-electron chi connectivity index (χ3n) is 0.943. The molecule has 0 radical (unpaired) electrons. The number of nitrogens with zero attached hydrogens (tertiary/aromatic N) is 1. The van der Waals surface area contributed by atoms with Gasteiger partial charge in [-0.2, -0.15) is 0 Å². The molecule has 2 heteroatoms. The molecule has 0 amide bonds. The van der Waals surface area contributed by atoms with Crippen LogP contribution in [0.25, 0.3) is 0 Å². The van der Waals surface area contributed by atoms with Gasteiger partial charge in [0.25, 0.3) is 0 Å². The van der Waals surface area contributed by atoms with Crippen LogP contribution >= 0.6 is 22.6 Å². The van der Waals surface area contributed by atoms with E-state index in [1.54, 1.807) is 0 Å². The lowest BCUT2D eigenvalue weighted by atomic mass is 10.2. The first kappa shape index (κ1) is 5.28. The highest BCUT2D eigenvalue weighted by Gasteiger charge is 2.04. The lowest BCUT2D eigenvalue weighted by molar-refractivity contribution is 1.04. The number of hydrogen-bond acceptors (Lipinski definition) is 1. The van der Waals surface area contributed by atoms with Gasteiger partial charge in [0.05, 0.1) is 0 Å². The number of hydrogen-bond donors (Lipinski definition) is 0. The third-order valence-corrected chi connectivity index (χ3v) is 2.20. The Hall–Kier alpha value is 0.140. The molecule has 0 saturated heterocycles. The van der Waals surface area contributed by atoms with Crippen molar-refractivity contribution in [1.29, 1.82) is 0 Å². The van der Waals surface area contributed by atoms with Crippen LogP contribution in [0.5, 0.6) is 0 Å². The number of aliphatic imine (C=N–C) groups is 1. The Bertz CT molecular complexity index is 126. The van der Waals surface area contributed by atoms with E-state index in [0.717, 1.165) is 0 Å². The molecule has 1 aliphatic heterocycles. The van der Waals surface area contributed by atoms with E-state index in [1.807, 2.05) is 12.4 Å². The minimum absolute atomic E-state index is 0.570. The molecule has 1 atom stereocenters. The van der Waals surface area contributed by atoms with Gasteiger partial charge in [-0.15, -0.1) is 0 Å². The topological polar surface area (TPSA) is 12.4 Å². The van der Waals surface area contributed by atoms with Crippen molar-refractivity contribution in [3.63, 3.8) is 0 Å². The molecule has 0 spiro atoms. The van der Waals surface area contributed by atoms with E-state index in [1.165, 1.54) is 3.58 Å². The maximum Gasteiger partial charge on any atom is 0.0363 e. The van der Waals surface area contributed by atoms with Gasteiger partial charge in [0, 0.05) is 21.9 Å². The van der Waals surface area contributed by atoms with Gasteiger partial charge in [-0.05, 0) is 22.6 Å². The van der Waals surface area contributed by atoms with Crippen molar-refractivity contribution in [1.82, 2.24) is 0 Å². The molecule has 0 fully saturated rings. The van der Waals surface area contributed by atoms with Gasteiger partial charge in [-0.25, -0.2) is 0 Å². The second-order valence-corrected chi connectivity index (χ2v) is 2.85. The van der Waals surface area contributed by atoms with Gasteiger partial charge < -0.3 is 0 Å². The van der Waals surface area contributed by atoms with E-state index < -0.39 is 0 Å². The second-order valence-electron chi connectivity index (χ2n) is 1.60. The van der Waals surface area contributed by atoms with Crippen LogP contribution in [-0.2, 0) is 0 Å². The summed E-state index contributed by atoms with van der Waals surface area (Å²) in [6.07, 6.45) is 3.84. The Labute approximate surface area is 56.7 Å². The molecule has 1 nitrogen and oxygen atoms in total. The van der Waals surface area contributed by atoms with E-state index in [9.17, 15) is 0 Å². The van der Waals surface area contributed by atoms with E-state index >= 15 is 0 Å².